The van der Waals surface area contributed by atoms with E-state index in [4.69, 9.17) is 22.9 Å². The Hall–Kier alpha value is -5.34. The van der Waals surface area contributed by atoms with Crippen LogP contribution in [0.5, 0.6) is 0 Å². The molecule has 0 aliphatic rings. The van der Waals surface area contributed by atoms with Gasteiger partial charge in [0, 0.05) is 24.8 Å². The summed E-state index contributed by atoms with van der Waals surface area (Å²) in [6.07, 6.45) is 6.65. The number of rotatable bonds is 3. The number of aromatic nitrogens is 4. The number of carboxylic acid groups (broad SMARTS) is 2. The van der Waals surface area contributed by atoms with E-state index in [0.29, 0.717) is 23.3 Å². The van der Waals surface area contributed by atoms with Gasteiger partial charge in [-0.15, -0.1) is 0 Å². The summed E-state index contributed by atoms with van der Waals surface area (Å²) in [5, 5.41) is 21.2. The Morgan fingerprint density at radius 2 is 0.625 bits per heavy atom. The first-order chi connectivity index (χ1) is 22.2. The van der Waals surface area contributed by atoms with Crippen LogP contribution < -0.4 is 33.1 Å². The van der Waals surface area contributed by atoms with E-state index in [9.17, 15) is 19.8 Å². The minimum absolute atomic E-state index is 0. The fourth-order valence-corrected chi connectivity index (χ4v) is 3.10. The van der Waals surface area contributed by atoms with Gasteiger partial charge in [0.1, 0.15) is 23.3 Å². The second-order valence-corrected chi connectivity index (χ2v) is 8.75. The third-order valence-corrected chi connectivity index (χ3v) is 5.33. The molecule has 12 nitrogen and oxygen atoms in total. The molecule has 0 amide bonds. The first-order valence-corrected chi connectivity index (χ1v) is 13.4. The van der Waals surface area contributed by atoms with E-state index in [1.165, 1.54) is 24.3 Å². The Morgan fingerprint density at radius 3 is 0.750 bits per heavy atom. The van der Waals surface area contributed by atoms with Gasteiger partial charge in [0.05, 0.1) is 11.9 Å². The molecule has 8 N–H and O–H groups in total. The first-order valence-electron chi connectivity index (χ1n) is 13.4. The zero-order valence-electron chi connectivity index (χ0n) is 25.2. The maximum Gasteiger partial charge on any atom is 1.00 e. The van der Waals surface area contributed by atoms with Crippen LogP contribution in [0.1, 0.15) is 20.7 Å². The van der Waals surface area contributed by atoms with Crippen molar-refractivity contribution in [2.24, 2.45) is 0 Å². The number of pyridine rings is 4. The van der Waals surface area contributed by atoms with E-state index in [0.717, 1.165) is 11.1 Å². The molecule has 48 heavy (non-hydrogen) atoms. The number of benzene rings is 2. The monoisotopic (exact) mass is 830 g/mol. The molecule has 0 saturated heterocycles. The van der Waals surface area contributed by atoms with Crippen LogP contribution in [0.15, 0.2) is 146 Å². The summed E-state index contributed by atoms with van der Waals surface area (Å²) in [7, 11) is 0. The van der Waals surface area contributed by atoms with Crippen LogP contribution in [0.4, 0.5) is 23.3 Å². The maximum atomic E-state index is 10.6. The number of hydrogen-bond acceptors (Lipinski definition) is 12. The van der Waals surface area contributed by atoms with Gasteiger partial charge in [-0.1, -0.05) is 72.8 Å². The molecule has 0 bridgehead atoms. The third kappa shape index (κ3) is 18.6. The molecule has 0 aliphatic carbocycles. The number of carbonyl (C=O) groups excluding carboxylic acids is 2. The minimum Gasteiger partial charge on any atom is -0.545 e. The van der Waals surface area contributed by atoms with Gasteiger partial charge in [0.2, 0.25) is 0 Å². The van der Waals surface area contributed by atoms with Crippen molar-refractivity contribution in [3.05, 3.63) is 157 Å². The predicted molar refractivity (Wildman–Crippen MR) is 175 cm³/mol. The summed E-state index contributed by atoms with van der Waals surface area (Å²) in [6, 6.07) is 34.0. The molecule has 0 aliphatic heterocycles. The molecule has 0 saturated carbocycles. The average Bonchev–Trinajstić information content (AvgIpc) is 3.07. The van der Waals surface area contributed by atoms with Crippen LogP contribution >= 0.6 is 0 Å². The first kappa shape index (κ1) is 42.7. The van der Waals surface area contributed by atoms with Gasteiger partial charge in [-0.2, -0.15) is 0 Å². The minimum atomic E-state index is -1.23. The van der Waals surface area contributed by atoms with E-state index in [-0.39, 0.29) is 55.9 Å². The molecule has 14 heteroatoms. The number of carbonyl (C=O) groups is 2. The molecule has 2 aromatic carbocycles. The van der Waals surface area contributed by atoms with Crippen molar-refractivity contribution in [1.82, 2.24) is 19.9 Å². The predicted octanol–water partition coefficient (Wildman–Crippen LogP) is 2.73. The Bertz CT molecular complexity index is 1500. The van der Waals surface area contributed by atoms with Gasteiger partial charge in [-0.05, 0) is 70.8 Å². The second-order valence-electron chi connectivity index (χ2n) is 8.75. The van der Waals surface area contributed by atoms with E-state index < -0.39 is 11.9 Å². The maximum absolute atomic E-state index is 10.6. The van der Waals surface area contributed by atoms with Crippen LogP contribution in [0.25, 0.3) is 11.1 Å². The summed E-state index contributed by atoms with van der Waals surface area (Å²) in [4.78, 5) is 36.2. The summed E-state index contributed by atoms with van der Waals surface area (Å²) in [5.41, 5.74) is 22.8. The number of carboxylic acids is 2. The Morgan fingerprint density at radius 1 is 0.396 bits per heavy atom. The van der Waals surface area contributed by atoms with Crippen LogP contribution in [-0.2, 0) is 44.8 Å². The summed E-state index contributed by atoms with van der Waals surface area (Å²) in [6.45, 7) is 0. The molecular weight excluding hydrogens is 800 g/mol. The van der Waals surface area contributed by atoms with Crippen molar-refractivity contribution in [2.75, 3.05) is 22.9 Å². The number of nitrogen functional groups attached to an aromatic ring is 4. The molecular formula is C34H32Ag2N8O4. The molecule has 0 radical (unpaired) electrons. The fraction of sp³-hybridized carbons (Fsp3) is 0. The molecule has 0 fully saturated rings. The number of anilines is 4. The SMILES string of the molecule is Nc1ccccn1.Nc1ccccn1.Nc1ccccn1.Nc1ccccn1.O=C([O-])c1ccc(-c2ccc(C(=O)[O-])cc2)cc1.[Ag+].[Ag+]. The standard InChI is InChI=1S/C14H10O4.4C5H6N2.2Ag/c15-13(16)11-5-1-9(2-6-11)10-3-7-12(8-4-10)14(17)18;4*6-5-3-1-2-4-7-5;;/h1-8H,(H,15,16)(H,17,18);4*1-4H,(H2,6,7);;/q;;;;;2*+1/p-2. The number of nitrogens with two attached hydrogens (primary N) is 4. The van der Waals surface area contributed by atoms with Crippen molar-refractivity contribution in [3.8, 4) is 11.1 Å². The van der Waals surface area contributed by atoms with Crippen molar-refractivity contribution >= 4 is 35.2 Å². The summed E-state index contributed by atoms with van der Waals surface area (Å²) in [5.74, 6) is -0.169. The molecule has 4 aromatic heterocycles. The van der Waals surface area contributed by atoms with Crippen molar-refractivity contribution in [2.45, 2.75) is 0 Å². The van der Waals surface area contributed by atoms with E-state index in [2.05, 4.69) is 19.9 Å². The van der Waals surface area contributed by atoms with Gasteiger partial charge in [0.25, 0.3) is 0 Å². The van der Waals surface area contributed by atoms with Gasteiger partial charge >= 0.3 is 44.8 Å². The zero-order chi connectivity index (χ0) is 33.6. The molecule has 0 spiro atoms. The molecule has 4 heterocycles. The van der Waals surface area contributed by atoms with Crippen LogP contribution in [0.2, 0.25) is 0 Å². The van der Waals surface area contributed by atoms with Crippen molar-refractivity contribution in [1.29, 1.82) is 0 Å². The zero-order valence-corrected chi connectivity index (χ0v) is 28.2. The van der Waals surface area contributed by atoms with Gasteiger partial charge in [-0.3, -0.25) is 0 Å². The molecule has 6 rings (SSSR count). The van der Waals surface area contributed by atoms with E-state index in [1.54, 1.807) is 73.3 Å². The topological polar surface area (TPSA) is 236 Å². The molecule has 0 unspecified atom stereocenters. The number of aromatic carboxylic acids is 2. The van der Waals surface area contributed by atoms with Crippen LogP contribution in [-0.4, -0.2) is 31.9 Å². The van der Waals surface area contributed by atoms with E-state index in [1.807, 2.05) is 48.5 Å². The van der Waals surface area contributed by atoms with Gasteiger partial charge in [-0.25, -0.2) is 19.9 Å². The second kappa shape index (κ2) is 24.8. The normalized spacial score (nSPS) is 8.75. The summed E-state index contributed by atoms with van der Waals surface area (Å²) >= 11 is 0. The molecule has 254 valence electrons. The van der Waals surface area contributed by atoms with Gasteiger partial charge < -0.3 is 42.7 Å². The average molecular weight is 832 g/mol. The Kier molecular flexibility index (Phi) is 22.1. The number of hydrogen-bond donors (Lipinski definition) is 4. The summed E-state index contributed by atoms with van der Waals surface area (Å²) < 4.78 is 0. The van der Waals surface area contributed by atoms with E-state index >= 15 is 0 Å². The third-order valence-electron chi connectivity index (χ3n) is 5.33. The molecule has 6 aromatic rings. The van der Waals surface area contributed by atoms with Gasteiger partial charge in [0.15, 0.2) is 0 Å². The fourth-order valence-electron chi connectivity index (χ4n) is 3.10. The van der Waals surface area contributed by atoms with Crippen molar-refractivity contribution < 1.29 is 64.6 Å². The van der Waals surface area contributed by atoms with Crippen LogP contribution in [0, 0.1) is 0 Å². The molecule has 0 atom stereocenters. The Labute approximate surface area is 309 Å². The van der Waals surface area contributed by atoms with Crippen LogP contribution in [0.3, 0.4) is 0 Å². The van der Waals surface area contributed by atoms with Crippen molar-refractivity contribution in [3.63, 3.8) is 0 Å². The quantitative estimate of drug-likeness (QED) is 0.189. The smallest absolute Gasteiger partial charge is 0.545 e. The number of nitrogens with zero attached hydrogens (tertiary/aromatic N) is 4. The Balaban J connectivity index is 0.000000619. The largest absolute Gasteiger partial charge is 1.00 e.